The average molecular weight is 414 g/mol. The average Bonchev–Trinajstić information content (AvgIpc) is 2.76. The van der Waals surface area contributed by atoms with Crippen LogP contribution in [0.5, 0.6) is 5.75 Å². The zero-order valence-corrected chi connectivity index (χ0v) is 16.6. The monoisotopic (exact) mass is 414 g/mol. The summed E-state index contributed by atoms with van der Waals surface area (Å²) in [4.78, 5) is 24.1. The Morgan fingerprint density at radius 2 is 1.87 bits per heavy atom. The van der Waals surface area contributed by atoms with E-state index in [1.54, 1.807) is 17.6 Å². The van der Waals surface area contributed by atoms with Crippen LogP contribution in [0.25, 0.3) is 0 Å². The first-order chi connectivity index (χ1) is 14.9. The maximum atomic E-state index is 13.6. The van der Waals surface area contributed by atoms with E-state index in [9.17, 15) is 20.2 Å². The van der Waals surface area contributed by atoms with Gasteiger partial charge in [-0.3, -0.25) is 14.9 Å². The minimum absolute atomic E-state index is 0.0852. The molecule has 0 fully saturated rings. The van der Waals surface area contributed by atoms with Crippen LogP contribution in [0.3, 0.4) is 0 Å². The molecule has 3 aromatic rings. The van der Waals surface area contributed by atoms with E-state index >= 15 is 0 Å². The lowest BCUT2D eigenvalue weighted by Gasteiger charge is -2.27. The van der Waals surface area contributed by atoms with Gasteiger partial charge in [-0.25, -0.2) is 0 Å². The Morgan fingerprint density at radius 3 is 2.48 bits per heavy atom. The van der Waals surface area contributed by atoms with Gasteiger partial charge in [0.25, 0.3) is 11.2 Å². The van der Waals surface area contributed by atoms with E-state index in [4.69, 9.17) is 10.5 Å². The number of benzene rings is 2. The molecule has 1 aliphatic rings. The molecular weight excluding hydrogens is 396 g/mol. The molecule has 1 atom stereocenters. The third-order valence-electron chi connectivity index (χ3n) is 5.31. The number of nitrogens with zero attached hydrogens (tertiary/aromatic N) is 3. The van der Waals surface area contributed by atoms with Crippen LogP contribution in [-0.2, 0) is 6.54 Å². The Labute approximate surface area is 177 Å². The summed E-state index contributed by atoms with van der Waals surface area (Å²) in [5.74, 6) is -0.589. The number of nitro groups is 1. The first-order valence-electron chi connectivity index (χ1n) is 9.51. The Kier molecular flexibility index (Phi) is 5.01. The molecule has 0 bridgehead atoms. The second-order valence-corrected chi connectivity index (χ2v) is 7.21. The first-order valence-corrected chi connectivity index (χ1v) is 9.51. The standard InChI is InChI=1S/C23H18N4O4/c1-14-11-19-21(23(28)26(14)13-15-5-3-2-4-6-15)20(18(12-24)22(25)31-19)16-7-9-17(10-8-16)27(29)30/h2-11,20H,13,25H2,1H3/t20-/m1/s1. The number of pyridine rings is 1. The van der Waals surface area contributed by atoms with Crippen molar-refractivity contribution >= 4 is 5.69 Å². The van der Waals surface area contributed by atoms with Crippen molar-refractivity contribution in [3.05, 3.63) is 115 Å². The fraction of sp³-hybridized carbons (Fsp3) is 0.130. The molecule has 154 valence electrons. The van der Waals surface area contributed by atoms with Crippen molar-refractivity contribution in [2.75, 3.05) is 0 Å². The topological polar surface area (TPSA) is 124 Å². The second kappa shape index (κ2) is 7.80. The summed E-state index contributed by atoms with van der Waals surface area (Å²) in [7, 11) is 0. The molecule has 1 aliphatic heterocycles. The maximum Gasteiger partial charge on any atom is 0.269 e. The number of ether oxygens (including phenoxy) is 1. The summed E-state index contributed by atoms with van der Waals surface area (Å²) in [5, 5.41) is 20.7. The van der Waals surface area contributed by atoms with Crippen LogP contribution in [0.2, 0.25) is 0 Å². The second-order valence-electron chi connectivity index (χ2n) is 7.21. The van der Waals surface area contributed by atoms with Crippen molar-refractivity contribution in [2.45, 2.75) is 19.4 Å². The molecule has 8 nitrogen and oxygen atoms in total. The first kappa shape index (κ1) is 19.9. The van der Waals surface area contributed by atoms with Crippen LogP contribution >= 0.6 is 0 Å². The van der Waals surface area contributed by atoms with Crippen LogP contribution in [-0.4, -0.2) is 9.49 Å². The molecule has 8 heteroatoms. The number of hydrogen-bond donors (Lipinski definition) is 1. The number of allylic oxidation sites excluding steroid dienone is 1. The maximum absolute atomic E-state index is 13.6. The summed E-state index contributed by atoms with van der Waals surface area (Å²) in [6, 6.07) is 19.0. The number of nitrogens with two attached hydrogens (primary N) is 1. The van der Waals surface area contributed by atoms with Gasteiger partial charge in [0.1, 0.15) is 17.4 Å². The third-order valence-corrected chi connectivity index (χ3v) is 5.31. The summed E-state index contributed by atoms with van der Waals surface area (Å²) < 4.78 is 7.25. The zero-order chi connectivity index (χ0) is 22.1. The lowest BCUT2D eigenvalue weighted by molar-refractivity contribution is -0.384. The molecule has 0 spiro atoms. The highest BCUT2D eigenvalue weighted by atomic mass is 16.6. The molecule has 0 radical (unpaired) electrons. The fourth-order valence-corrected chi connectivity index (χ4v) is 3.77. The van der Waals surface area contributed by atoms with Gasteiger partial charge in [0, 0.05) is 23.9 Å². The van der Waals surface area contributed by atoms with Crippen molar-refractivity contribution in [3.63, 3.8) is 0 Å². The van der Waals surface area contributed by atoms with E-state index < -0.39 is 10.8 Å². The van der Waals surface area contributed by atoms with Crippen LogP contribution in [0, 0.1) is 28.4 Å². The minimum atomic E-state index is -0.787. The van der Waals surface area contributed by atoms with Crippen molar-refractivity contribution in [1.29, 1.82) is 5.26 Å². The summed E-state index contributed by atoms with van der Waals surface area (Å²) in [6.07, 6.45) is 0. The molecule has 2 N–H and O–H groups in total. The van der Waals surface area contributed by atoms with Crippen LogP contribution < -0.4 is 16.0 Å². The lowest BCUT2D eigenvalue weighted by atomic mass is 9.84. The Morgan fingerprint density at radius 1 is 1.19 bits per heavy atom. The molecule has 0 unspecified atom stereocenters. The molecular formula is C23H18N4O4. The fourth-order valence-electron chi connectivity index (χ4n) is 3.77. The third kappa shape index (κ3) is 3.53. The van der Waals surface area contributed by atoms with Gasteiger partial charge in [-0.05, 0) is 18.1 Å². The number of fused-ring (bicyclic) bond motifs is 1. The highest BCUT2D eigenvalue weighted by Gasteiger charge is 2.34. The Hall–Kier alpha value is -4.38. The van der Waals surface area contributed by atoms with E-state index in [0.29, 0.717) is 17.8 Å². The number of aryl methyl sites for hydroxylation is 1. The molecule has 0 aliphatic carbocycles. The van der Waals surface area contributed by atoms with E-state index in [0.717, 1.165) is 5.56 Å². The van der Waals surface area contributed by atoms with Crippen molar-refractivity contribution < 1.29 is 9.66 Å². The van der Waals surface area contributed by atoms with Gasteiger partial charge in [0.2, 0.25) is 5.88 Å². The molecule has 0 amide bonds. The number of hydrogen-bond acceptors (Lipinski definition) is 6. The number of non-ortho nitro benzene ring substituents is 1. The summed E-state index contributed by atoms with van der Waals surface area (Å²) in [6.45, 7) is 2.15. The zero-order valence-electron chi connectivity index (χ0n) is 16.6. The Bertz CT molecular complexity index is 1300. The van der Waals surface area contributed by atoms with E-state index in [1.165, 1.54) is 24.3 Å². The molecule has 2 aromatic carbocycles. The summed E-state index contributed by atoms with van der Waals surface area (Å²) in [5.41, 5.74) is 8.15. The molecule has 0 saturated heterocycles. The number of aromatic nitrogens is 1. The SMILES string of the molecule is Cc1cc2c(c(=O)n1Cc1ccccc1)[C@H](c1ccc([N+](=O)[O-])cc1)C(C#N)=C(N)O2. The lowest BCUT2D eigenvalue weighted by Crippen LogP contribution is -2.33. The van der Waals surface area contributed by atoms with Crippen LogP contribution in [0.4, 0.5) is 5.69 Å². The van der Waals surface area contributed by atoms with Gasteiger partial charge in [0.05, 0.1) is 22.9 Å². The highest BCUT2D eigenvalue weighted by Crippen LogP contribution is 2.40. The van der Waals surface area contributed by atoms with Crippen molar-refractivity contribution in [2.24, 2.45) is 5.73 Å². The van der Waals surface area contributed by atoms with Gasteiger partial charge in [-0.2, -0.15) is 5.26 Å². The van der Waals surface area contributed by atoms with Gasteiger partial charge in [0.15, 0.2) is 0 Å². The predicted molar refractivity (Wildman–Crippen MR) is 113 cm³/mol. The van der Waals surface area contributed by atoms with Gasteiger partial charge in [-0.1, -0.05) is 42.5 Å². The van der Waals surface area contributed by atoms with Gasteiger partial charge >= 0.3 is 0 Å². The van der Waals surface area contributed by atoms with Crippen molar-refractivity contribution in [3.8, 4) is 11.8 Å². The molecule has 1 aromatic heterocycles. The van der Waals surface area contributed by atoms with Crippen molar-refractivity contribution in [1.82, 2.24) is 4.57 Å². The predicted octanol–water partition coefficient (Wildman–Crippen LogP) is 3.33. The molecule has 4 rings (SSSR count). The van der Waals surface area contributed by atoms with Crippen LogP contribution in [0.15, 0.2) is 76.9 Å². The molecule has 0 saturated carbocycles. The van der Waals surface area contributed by atoms with Gasteiger partial charge in [-0.15, -0.1) is 0 Å². The number of nitro benzene ring substituents is 1. The largest absolute Gasteiger partial charge is 0.440 e. The molecule has 2 heterocycles. The van der Waals surface area contributed by atoms with E-state index in [2.05, 4.69) is 0 Å². The highest BCUT2D eigenvalue weighted by molar-refractivity contribution is 5.56. The van der Waals surface area contributed by atoms with E-state index in [-0.39, 0.29) is 34.0 Å². The number of rotatable bonds is 4. The minimum Gasteiger partial charge on any atom is -0.440 e. The normalized spacial score (nSPS) is 15.0. The Balaban J connectivity index is 1.90. The quantitative estimate of drug-likeness (QED) is 0.516. The molecule has 31 heavy (non-hydrogen) atoms. The van der Waals surface area contributed by atoms with Gasteiger partial charge < -0.3 is 15.0 Å². The van der Waals surface area contributed by atoms with E-state index in [1.807, 2.05) is 36.4 Å². The van der Waals surface area contributed by atoms with Crippen LogP contribution in [0.1, 0.15) is 28.3 Å². The smallest absolute Gasteiger partial charge is 0.269 e. The summed E-state index contributed by atoms with van der Waals surface area (Å²) >= 11 is 0. The number of nitriles is 1.